The maximum Gasteiger partial charge on any atom is 0.333 e. The maximum atomic E-state index is 11.1. The largest absolute Gasteiger partial charge is 0.480 e. The topological polar surface area (TPSA) is 75.6 Å². The highest BCUT2D eigenvalue weighted by atomic mass is 32.2. The fourth-order valence-corrected chi connectivity index (χ4v) is 2.06. The van der Waals surface area contributed by atoms with Crippen LogP contribution in [0.25, 0.3) is 0 Å². The Morgan fingerprint density at radius 3 is 2.85 bits per heavy atom. The number of carboxylic acid groups (broad SMARTS) is 1. The predicted octanol–water partition coefficient (Wildman–Crippen LogP) is -0.335. The van der Waals surface area contributed by atoms with E-state index >= 15 is 0 Å². The van der Waals surface area contributed by atoms with Crippen LogP contribution < -0.4 is 5.32 Å². The summed E-state index contributed by atoms with van der Waals surface area (Å²) >= 11 is 1.26. The molecule has 0 amide bonds. The molecule has 0 bridgehead atoms. The van der Waals surface area contributed by atoms with Gasteiger partial charge in [0.25, 0.3) is 0 Å². The average molecular weight is 205 g/mol. The van der Waals surface area contributed by atoms with Gasteiger partial charge in [-0.15, -0.1) is 11.8 Å². The molecule has 2 atom stereocenters. The Labute approximate surface area is 79.8 Å². The van der Waals surface area contributed by atoms with Crippen molar-refractivity contribution in [2.75, 3.05) is 12.4 Å². The Hall–Kier alpha value is -0.750. The van der Waals surface area contributed by atoms with Gasteiger partial charge in [-0.1, -0.05) is 0 Å². The number of carboxylic acids is 1. The zero-order chi connectivity index (χ0) is 9.84. The number of thioether (sulfide) groups is 1. The highest BCUT2D eigenvalue weighted by Gasteiger charge is 2.34. The number of hydrogen-bond acceptors (Lipinski definition) is 5. The summed E-state index contributed by atoms with van der Waals surface area (Å²) in [4.78, 5) is 21.6. The Bertz CT molecular complexity index is 221. The van der Waals surface area contributed by atoms with Crippen LogP contribution >= 0.6 is 11.8 Å². The summed E-state index contributed by atoms with van der Waals surface area (Å²) in [6, 6.07) is -0.639. The van der Waals surface area contributed by atoms with Crippen LogP contribution in [0, 0.1) is 0 Å². The van der Waals surface area contributed by atoms with Gasteiger partial charge >= 0.3 is 11.9 Å². The Morgan fingerprint density at radius 1 is 1.69 bits per heavy atom. The summed E-state index contributed by atoms with van der Waals surface area (Å²) < 4.78 is 4.74. The summed E-state index contributed by atoms with van der Waals surface area (Å²) in [6.07, 6.45) is 0. The first-order valence-electron chi connectivity index (χ1n) is 3.92. The van der Waals surface area contributed by atoms with E-state index in [0.29, 0.717) is 12.4 Å². The number of carbonyl (C=O) groups excluding carboxylic acids is 1. The van der Waals surface area contributed by atoms with Crippen LogP contribution in [-0.2, 0) is 14.3 Å². The first-order chi connectivity index (χ1) is 6.15. The molecule has 1 heterocycles. The molecule has 0 spiro atoms. The first-order valence-corrected chi connectivity index (χ1v) is 4.97. The van der Waals surface area contributed by atoms with Crippen LogP contribution in [0.15, 0.2) is 0 Å². The summed E-state index contributed by atoms with van der Waals surface area (Å²) in [5, 5.41) is 10.8. The number of carbonyl (C=O) groups is 2. The van der Waals surface area contributed by atoms with Crippen LogP contribution in [0.3, 0.4) is 0 Å². The van der Waals surface area contributed by atoms with Gasteiger partial charge in [-0.05, 0) is 6.92 Å². The number of ether oxygens (including phenoxy) is 1. The third-order valence-corrected chi connectivity index (χ3v) is 2.77. The van der Waals surface area contributed by atoms with Gasteiger partial charge in [0.1, 0.15) is 6.04 Å². The fraction of sp³-hybridized carbons (Fsp3) is 0.714. The van der Waals surface area contributed by atoms with Crippen LogP contribution in [0.1, 0.15) is 6.92 Å². The number of rotatable bonds is 3. The van der Waals surface area contributed by atoms with Crippen molar-refractivity contribution in [3.05, 3.63) is 0 Å². The second-order valence-electron chi connectivity index (χ2n) is 2.52. The van der Waals surface area contributed by atoms with Gasteiger partial charge in [-0.25, -0.2) is 4.79 Å². The normalized spacial score (nSPS) is 27.2. The minimum atomic E-state index is -0.931. The summed E-state index contributed by atoms with van der Waals surface area (Å²) in [6.45, 7) is 2.03. The van der Waals surface area contributed by atoms with Crippen LogP contribution in [0.2, 0.25) is 0 Å². The van der Waals surface area contributed by atoms with E-state index < -0.39 is 23.4 Å². The molecule has 0 aliphatic carbocycles. The minimum Gasteiger partial charge on any atom is -0.480 e. The number of hydrogen-bond donors (Lipinski definition) is 2. The molecule has 5 nitrogen and oxygen atoms in total. The average Bonchev–Trinajstić information content (AvgIpc) is 2.52. The van der Waals surface area contributed by atoms with Gasteiger partial charge in [0, 0.05) is 5.75 Å². The molecule has 1 aliphatic rings. The van der Waals surface area contributed by atoms with Crippen LogP contribution in [0.5, 0.6) is 0 Å². The van der Waals surface area contributed by atoms with E-state index in [1.165, 1.54) is 11.8 Å². The second kappa shape index (κ2) is 4.48. The molecule has 0 saturated carbocycles. The predicted molar refractivity (Wildman–Crippen MR) is 47.4 cm³/mol. The molecule has 1 fully saturated rings. The van der Waals surface area contributed by atoms with Gasteiger partial charge < -0.3 is 9.84 Å². The molecule has 2 N–H and O–H groups in total. The fourth-order valence-electron chi connectivity index (χ4n) is 0.968. The lowest BCUT2D eigenvalue weighted by Gasteiger charge is -2.08. The SMILES string of the molecule is CCOC(=O)C1NC(C(=O)O)CS1. The summed E-state index contributed by atoms with van der Waals surface area (Å²) in [5.74, 6) is -0.922. The van der Waals surface area contributed by atoms with E-state index in [-0.39, 0.29) is 0 Å². The van der Waals surface area contributed by atoms with Crippen molar-refractivity contribution in [3.8, 4) is 0 Å². The third kappa shape index (κ3) is 2.60. The summed E-state index contributed by atoms with van der Waals surface area (Å²) in [7, 11) is 0. The highest BCUT2D eigenvalue weighted by molar-refractivity contribution is 8.00. The molecule has 0 aromatic carbocycles. The first kappa shape index (κ1) is 10.3. The lowest BCUT2D eigenvalue weighted by atomic mass is 10.3. The summed E-state index contributed by atoms with van der Waals surface area (Å²) in [5.41, 5.74) is 0. The molecule has 13 heavy (non-hydrogen) atoms. The molecule has 2 unspecified atom stereocenters. The van der Waals surface area contributed by atoms with Gasteiger partial charge in [0.15, 0.2) is 5.37 Å². The molecule has 1 rings (SSSR count). The lowest BCUT2D eigenvalue weighted by molar-refractivity contribution is -0.143. The van der Waals surface area contributed by atoms with Gasteiger partial charge in [0.05, 0.1) is 6.61 Å². The molecular formula is C7H11NO4S. The van der Waals surface area contributed by atoms with E-state index in [4.69, 9.17) is 9.84 Å². The number of nitrogens with one attached hydrogen (secondary N) is 1. The number of esters is 1. The molecule has 0 radical (unpaired) electrons. The Balaban J connectivity index is 2.40. The molecule has 1 saturated heterocycles. The second-order valence-corrected chi connectivity index (χ2v) is 3.66. The Morgan fingerprint density at radius 2 is 2.38 bits per heavy atom. The van der Waals surface area contributed by atoms with Crippen molar-refractivity contribution in [2.45, 2.75) is 18.3 Å². The van der Waals surface area contributed by atoms with Gasteiger partial charge in [-0.3, -0.25) is 10.1 Å². The van der Waals surface area contributed by atoms with Crippen molar-refractivity contribution < 1.29 is 19.4 Å². The van der Waals surface area contributed by atoms with E-state index in [2.05, 4.69) is 5.32 Å². The van der Waals surface area contributed by atoms with Crippen molar-refractivity contribution in [1.29, 1.82) is 0 Å². The quantitative estimate of drug-likeness (QED) is 0.614. The monoisotopic (exact) mass is 205 g/mol. The van der Waals surface area contributed by atoms with Crippen molar-refractivity contribution in [2.24, 2.45) is 0 Å². The Kier molecular flexibility index (Phi) is 3.56. The molecule has 1 aliphatic heterocycles. The maximum absolute atomic E-state index is 11.1. The zero-order valence-electron chi connectivity index (χ0n) is 7.15. The van der Waals surface area contributed by atoms with Crippen LogP contribution in [0.4, 0.5) is 0 Å². The molecular weight excluding hydrogens is 194 g/mol. The van der Waals surface area contributed by atoms with Crippen molar-refractivity contribution >= 4 is 23.7 Å². The zero-order valence-corrected chi connectivity index (χ0v) is 7.97. The molecule has 6 heteroatoms. The smallest absolute Gasteiger partial charge is 0.333 e. The third-order valence-electron chi connectivity index (χ3n) is 1.58. The lowest BCUT2D eigenvalue weighted by Crippen LogP contribution is -2.40. The van der Waals surface area contributed by atoms with Crippen molar-refractivity contribution in [1.82, 2.24) is 5.32 Å². The minimum absolute atomic E-state index is 0.315. The van der Waals surface area contributed by atoms with Crippen molar-refractivity contribution in [3.63, 3.8) is 0 Å². The molecule has 0 aromatic rings. The molecule has 74 valence electrons. The van der Waals surface area contributed by atoms with E-state index in [9.17, 15) is 9.59 Å². The molecule has 0 aromatic heterocycles. The van der Waals surface area contributed by atoms with Gasteiger partial charge in [0.2, 0.25) is 0 Å². The van der Waals surface area contributed by atoms with E-state index in [1.807, 2.05) is 0 Å². The van der Waals surface area contributed by atoms with Crippen LogP contribution in [-0.4, -0.2) is 40.8 Å². The van der Waals surface area contributed by atoms with E-state index in [0.717, 1.165) is 0 Å². The van der Waals surface area contributed by atoms with E-state index in [1.54, 1.807) is 6.92 Å². The van der Waals surface area contributed by atoms with Gasteiger partial charge in [-0.2, -0.15) is 0 Å². The standard InChI is InChI=1S/C7H11NO4S/c1-2-12-7(11)5-8-4(3-13-5)6(9)10/h4-5,8H,2-3H2,1H3,(H,9,10). The number of aliphatic carboxylic acids is 1. The highest BCUT2D eigenvalue weighted by Crippen LogP contribution is 2.19.